The Balaban J connectivity index is 2.27. The number of rotatable bonds is 4. The van der Waals surface area contributed by atoms with Crippen molar-refractivity contribution >= 4 is 28.2 Å². The molecule has 1 heterocycles. The Hall–Kier alpha value is -0.330. The van der Waals surface area contributed by atoms with E-state index in [4.69, 9.17) is 11.5 Å². The zero-order valence-corrected chi connectivity index (χ0v) is 7.62. The third-order valence-electron chi connectivity index (χ3n) is 0.996. The van der Waals surface area contributed by atoms with Gasteiger partial charge in [0, 0.05) is 5.75 Å². The highest BCUT2D eigenvalue weighted by atomic mass is 32.2. The number of thioether (sulfide) groups is 1. The second-order valence-electron chi connectivity index (χ2n) is 1.90. The molecule has 0 fully saturated rings. The molecule has 4 N–H and O–H groups in total. The summed E-state index contributed by atoms with van der Waals surface area (Å²) in [4.78, 5) is 0. The average Bonchev–Trinajstić information content (AvgIpc) is 2.37. The van der Waals surface area contributed by atoms with Crippen LogP contribution in [0, 0.1) is 0 Å². The van der Waals surface area contributed by atoms with Crippen LogP contribution < -0.4 is 11.5 Å². The number of nitrogens with zero attached hydrogens (tertiary/aromatic N) is 2. The summed E-state index contributed by atoms with van der Waals surface area (Å²) >= 11 is 3.07. The lowest BCUT2D eigenvalue weighted by Gasteiger charge is -1.91. The van der Waals surface area contributed by atoms with Crippen molar-refractivity contribution in [3.63, 3.8) is 0 Å². The van der Waals surface area contributed by atoms with E-state index in [2.05, 4.69) is 10.2 Å². The second-order valence-corrected chi connectivity index (χ2v) is 4.25. The molecule has 1 aromatic rings. The second kappa shape index (κ2) is 4.53. The molecule has 0 radical (unpaired) electrons. The molecule has 0 spiro atoms. The van der Waals surface area contributed by atoms with Gasteiger partial charge in [0.25, 0.3) is 0 Å². The molecule has 0 saturated heterocycles. The fourth-order valence-electron chi connectivity index (χ4n) is 0.522. The highest BCUT2D eigenvalue weighted by Gasteiger charge is 1.99. The molecule has 62 valence electrons. The van der Waals surface area contributed by atoms with Crippen LogP contribution in [-0.2, 0) is 0 Å². The molecule has 0 bridgehead atoms. The molecule has 4 nitrogen and oxygen atoms in total. The molecule has 0 amide bonds. The lowest BCUT2D eigenvalue weighted by molar-refractivity contribution is 0.939. The predicted octanol–water partition coefficient (Wildman–Crippen LogP) is 0.561. The largest absolute Gasteiger partial charge is 0.374 e. The normalized spacial score (nSPS) is 10.3. The first kappa shape index (κ1) is 8.76. The molecule has 11 heavy (non-hydrogen) atoms. The Bertz CT molecular complexity index is 212. The minimum absolute atomic E-state index is 0.528. The number of hydrogen-bond acceptors (Lipinski definition) is 6. The smallest absolute Gasteiger partial charge is 0.203 e. The number of nitrogens with two attached hydrogens (primary N) is 2. The van der Waals surface area contributed by atoms with Gasteiger partial charge in [-0.05, 0) is 13.0 Å². The van der Waals surface area contributed by atoms with Crippen molar-refractivity contribution in [2.24, 2.45) is 5.73 Å². The highest BCUT2D eigenvalue weighted by Crippen LogP contribution is 2.23. The topological polar surface area (TPSA) is 77.8 Å². The van der Waals surface area contributed by atoms with Gasteiger partial charge in [-0.15, -0.1) is 10.2 Å². The Labute approximate surface area is 73.4 Å². The van der Waals surface area contributed by atoms with Gasteiger partial charge in [-0.1, -0.05) is 23.1 Å². The van der Waals surface area contributed by atoms with E-state index in [0.29, 0.717) is 5.13 Å². The highest BCUT2D eigenvalue weighted by molar-refractivity contribution is 8.01. The monoisotopic (exact) mass is 190 g/mol. The summed E-state index contributed by atoms with van der Waals surface area (Å²) in [5, 5.41) is 8.07. The maximum Gasteiger partial charge on any atom is 0.203 e. The molecule has 0 saturated carbocycles. The first-order chi connectivity index (χ1) is 5.33. The summed E-state index contributed by atoms with van der Waals surface area (Å²) in [5.41, 5.74) is 10.7. The van der Waals surface area contributed by atoms with Crippen LogP contribution in [0.5, 0.6) is 0 Å². The van der Waals surface area contributed by atoms with Crippen LogP contribution in [0.1, 0.15) is 6.42 Å². The summed E-state index contributed by atoms with van der Waals surface area (Å²) in [7, 11) is 0. The summed E-state index contributed by atoms with van der Waals surface area (Å²) in [6.45, 7) is 0.723. The predicted molar refractivity (Wildman–Crippen MR) is 48.7 cm³/mol. The summed E-state index contributed by atoms with van der Waals surface area (Å²) < 4.78 is 0.927. The van der Waals surface area contributed by atoms with Gasteiger partial charge in [-0.2, -0.15) is 0 Å². The molecule has 0 aromatic carbocycles. The van der Waals surface area contributed by atoms with Gasteiger partial charge < -0.3 is 11.5 Å². The SMILES string of the molecule is NCCCSc1nnc(N)s1. The third kappa shape index (κ3) is 3.04. The van der Waals surface area contributed by atoms with E-state index in [-0.39, 0.29) is 0 Å². The molecular weight excluding hydrogens is 180 g/mol. The first-order valence-electron chi connectivity index (χ1n) is 3.25. The van der Waals surface area contributed by atoms with E-state index in [1.807, 2.05) is 0 Å². The van der Waals surface area contributed by atoms with Gasteiger partial charge in [0.15, 0.2) is 4.34 Å². The first-order valence-corrected chi connectivity index (χ1v) is 5.05. The van der Waals surface area contributed by atoms with Crippen molar-refractivity contribution in [3.05, 3.63) is 0 Å². The standard InChI is InChI=1S/C5H10N4S2/c6-2-1-3-10-5-9-8-4(7)11-5/h1-3,6H2,(H2,7,8). The lowest BCUT2D eigenvalue weighted by Crippen LogP contribution is -1.99. The average molecular weight is 190 g/mol. The molecule has 0 atom stereocenters. The Morgan fingerprint density at radius 2 is 2.27 bits per heavy atom. The van der Waals surface area contributed by atoms with Crippen LogP contribution in [0.4, 0.5) is 5.13 Å². The van der Waals surface area contributed by atoms with E-state index >= 15 is 0 Å². The van der Waals surface area contributed by atoms with Crippen molar-refractivity contribution in [2.75, 3.05) is 18.0 Å². The molecule has 0 aliphatic heterocycles. The zero-order valence-electron chi connectivity index (χ0n) is 5.99. The van der Waals surface area contributed by atoms with Gasteiger partial charge in [-0.3, -0.25) is 0 Å². The quantitative estimate of drug-likeness (QED) is 0.536. The van der Waals surface area contributed by atoms with Crippen molar-refractivity contribution in [1.82, 2.24) is 10.2 Å². The molecule has 0 unspecified atom stereocenters. The minimum Gasteiger partial charge on any atom is -0.374 e. The van der Waals surface area contributed by atoms with Crippen LogP contribution in [0.25, 0.3) is 0 Å². The van der Waals surface area contributed by atoms with Gasteiger partial charge >= 0.3 is 0 Å². The molecule has 1 rings (SSSR count). The van der Waals surface area contributed by atoms with Gasteiger partial charge in [0.1, 0.15) is 0 Å². The van der Waals surface area contributed by atoms with Gasteiger partial charge in [0.2, 0.25) is 5.13 Å². The summed E-state index contributed by atoms with van der Waals surface area (Å²) in [6.07, 6.45) is 1.00. The van der Waals surface area contributed by atoms with Gasteiger partial charge in [-0.25, -0.2) is 0 Å². The van der Waals surface area contributed by atoms with Crippen LogP contribution in [0.15, 0.2) is 4.34 Å². The van der Waals surface area contributed by atoms with Crippen molar-refractivity contribution in [2.45, 2.75) is 10.8 Å². The van der Waals surface area contributed by atoms with Crippen LogP contribution >= 0.6 is 23.1 Å². The maximum absolute atomic E-state index is 5.39. The molecule has 0 aliphatic carbocycles. The fraction of sp³-hybridized carbons (Fsp3) is 0.600. The van der Waals surface area contributed by atoms with E-state index in [0.717, 1.165) is 23.1 Å². The lowest BCUT2D eigenvalue weighted by atomic mass is 10.5. The van der Waals surface area contributed by atoms with Crippen molar-refractivity contribution in [3.8, 4) is 0 Å². The van der Waals surface area contributed by atoms with Crippen LogP contribution in [0.2, 0.25) is 0 Å². The molecular formula is C5H10N4S2. The number of aromatic nitrogens is 2. The molecule has 1 aromatic heterocycles. The minimum atomic E-state index is 0.528. The Kier molecular flexibility index (Phi) is 3.61. The summed E-state index contributed by atoms with van der Waals surface area (Å²) in [6, 6.07) is 0. The van der Waals surface area contributed by atoms with E-state index < -0.39 is 0 Å². The fourth-order valence-corrected chi connectivity index (χ4v) is 2.19. The van der Waals surface area contributed by atoms with Crippen LogP contribution in [0.3, 0.4) is 0 Å². The van der Waals surface area contributed by atoms with Gasteiger partial charge in [0.05, 0.1) is 0 Å². The molecule has 6 heteroatoms. The third-order valence-corrected chi connectivity index (χ3v) is 2.97. The van der Waals surface area contributed by atoms with Crippen molar-refractivity contribution < 1.29 is 0 Å². The van der Waals surface area contributed by atoms with Crippen molar-refractivity contribution in [1.29, 1.82) is 0 Å². The maximum atomic E-state index is 5.39. The van der Waals surface area contributed by atoms with Crippen LogP contribution in [-0.4, -0.2) is 22.5 Å². The number of nitrogen functional groups attached to an aromatic ring is 1. The number of hydrogen-bond donors (Lipinski definition) is 2. The number of anilines is 1. The van der Waals surface area contributed by atoms with E-state index in [9.17, 15) is 0 Å². The Morgan fingerprint density at radius 3 is 2.82 bits per heavy atom. The summed E-state index contributed by atoms with van der Waals surface area (Å²) in [5.74, 6) is 0.991. The zero-order chi connectivity index (χ0) is 8.10. The van der Waals surface area contributed by atoms with E-state index in [1.165, 1.54) is 11.3 Å². The Morgan fingerprint density at radius 1 is 1.45 bits per heavy atom. The van der Waals surface area contributed by atoms with E-state index in [1.54, 1.807) is 11.8 Å². The molecule has 0 aliphatic rings.